The Bertz CT molecular complexity index is 951. The van der Waals surface area contributed by atoms with Gasteiger partial charge in [0.15, 0.2) is 11.6 Å². The monoisotopic (exact) mass is 424 g/mol. The minimum atomic E-state index is -4.43. The molecule has 0 bridgehead atoms. The van der Waals surface area contributed by atoms with Gasteiger partial charge in [-0.2, -0.15) is 13.2 Å². The lowest BCUT2D eigenvalue weighted by atomic mass is 9.60. The first-order chi connectivity index (χ1) is 14.3. The highest BCUT2D eigenvalue weighted by molar-refractivity contribution is 5.47. The number of benzene rings is 2. The van der Waals surface area contributed by atoms with Crippen LogP contribution in [0.5, 0.6) is 5.75 Å². The summed E-state index contributed by atoms with van der Waals surface area (Å²) in [6, 6.07) is 6.96. The molecule has 30 heavy (non-hydrogen) atoms. The van der Waals surface area contributed by atoms with Crippen LogP contribution in [0.2, 0.25) is 0 Å². The van der Waals surface area contributed by atoms with Crippen LogP contribution in [0.4, 0.5) is 22.0 Å². The highest BCUT2D eigenvalue weighted by Crippen LogP contribution is 2.52. The zero-order chi connectivity index (χ0) is 21.5. The Morgan fingerprint density at radius 2 is 1.77 bits per heavy atom. The third kappa shape index (κ3) is 3.49. The van der Waals surface area contributed by atoms with Gasteiger partial charge in [-0.05, 0) is 49.6 Å². The van der Waals surface area contributed by atoms with Crippen molar-refractivity contribution in [2.75, 3.05) is 13.2 Å². The number of hydrogen-bond acceptors (Lipinski definition) is 2. The van der Waals surface area contributed by atoms with E-state index in [4.69, 9.17) is 9.47 Å². The van der Waals surface area contributed by atoms with Crippen LogP contribution in [0.1, 0.15) is 30.0 Å². The molecule has 2 aliphatic rings. The van der Waals surface area contributed by atoms with Gasteiger partial charge in [0.2, 0.25) is 0 Å². The van der Waals surface area contributed by atoms with Gasteiger partial charge < -0.3 is 9.47 Å². The third-order valence-electron chi connectivity index (χ3n) is 6.11. The number of ether oxygens (including phenoxy) is 2. The minimum absolute atomic E-state index is 0.112. The van der Waals surface area contributed by atoms with E-state index in [1.165, 1.54) is 12.1 Å². The summed E-state index contributed by atoms with van der Waals surface area (Å²) in [7, 11) is 0. The maximum atomic E-state index is 15.0. The van der Waals surface area contributed by atoms with Crippen LogP contribution >= 0.6 is 0 Å². The molecule has 160 valence electrons. The average Bonchev–Trinajstić information content (AvgIpc) is 2.70. The van der Waals surface area contributed by atoms with Crippen LogP contribution in [-0.4, -0.2) is 19.3 Å². The Hall–Kier alpha value is -2.41. The van der Waals surface area contributed by atoms with Crippen molar-refractivity contribution in [1.29, 1.82) is 0 Å². The summed E-state index contributed by atoms with van der Waals surface area (Å²) in [5.74, 6) is -1.65. The Balaban J connectivity index is 1.82. The summed E-state index contributed by atoms with van der Waals surface area (Å²) in [5.41, 5.74) is -0.840. The van der Waals surface area contributed by atoms with Crippen LogP contribution < -0.4 is 4.74 Å². The summed E-state index contributed by atoms with van der Waals surface area (Å²) < 4.78 is 79.9. The second kappa shape index (κ2) is 7.69. The lowest BCUT2D eigenvalue weighted by Gasteiger charge is -2.50. The number of halogens is 5. The van der Waals surface area contributed by atoms with Gasteiger partial charge in [0.05, 0.1) is 18.3 Å². The molecule has 0 aromatic heterocycles. The van der Waals surface area contributed by atoms with E-state index in [9.17, 15) is 17.6 Å². The van der Waals surface area contributed by atoms with E-state index in [0.717, 1.165) is 24.3 Å². The molecule has 7 heteroatoms. The summed E-state index contributed by atoms with van der Waals surface area (Å²) >= 11 is 0. The molecule has 2 aliphatic heterocycles. The molecule has 0 amide bonds. The van der Waals surface area contributed by atoms with Crippen LogP contribution in [-0.2, 0) is 22.7 Å². The Morgan fingerprint density at radius 3 is 2.43 bits per heavy atom. The normalized spacial score (nSPS) is 26.2. The van der Waals surface area contributed by atoms with Crippen LogP contribution in [0.15, 0.2) is 48.6 Å². The van der Waals surface area contributed by atoms with E-state index in [1.54, 1.807) is 0 Å². The van der Waals surface area contributed by atoms with Crippen molar-refractivity contribution in [3.8, 4) is 5.75 Å². The first-order valence-corrected chi connectivity index (χ1v) is 9.78. The maximum absolute atomic E-state index is 15.0. The number of alkyl halides is 3. The molecule has 0 aliphatic carbocycles. The SMILES string of the molecule is C/C=C/[C@@H]1OCC[C@@]2(Cc3ccc(C(F)(F)F)cc3)c3c(F)ccc(F)c3OC[C@@H]12. The number of allylic oxidation sites excluding steroid dienone is 1. The van der Waals surface area contributed by atoms with E-state index in [-0.39, 0.29) is 36.4 Å². The van der Waals surface area contributed by atoms with Gasteiger partial charge in [-0.1, -0.05) is 24.3 Å². The average molecular weight is 424 g/mol. The van der Waals surface area contributed by atoms with Gasteiger partial charge in [-0.3, -0.25) is 0 Å². The maximum Gasteiger partial charge on any atom is 0.416 e. The Labute approximate surface area is 171 Å². The molecule has 0 spiro atoms. The van der Waals surface area contributed by atoms with E-state index >= 15 is 4.39 Å². The first kappa shape index (κ1) is 20.8. The summed E-state index contributed by atoms with van der Waals surface area (Å²) in [4.78, 5) is 0. The molecule has 2 aromatic carbocycles. The second-order valence-electron chi connectivity index (χ2n) is 7.79. The van der Waals surface area contributed by atoms with Crippen LogP contribution in [0.3, 0.4) is 0 Å². The molecule has 0 radical (unpaired) electrons. The molecule has 0 unspecified atom stereocenters. The third-order valence-corrected chi connectivity index (χ3v) is 6.11. The summed E-state index contributed by atoms with van der Waals surface area (Å²) in [5, 5.41) is 0. The predicted molar refractivity (Wildman–Crippen MR) is 101 cm³/mol. The van der Waals surface area contributed by atoms with E-state index in [0.29, 0.717) is 18.6 Å². The zero-order valence-corrected chi connectivity index (χ0v) is 16.3. The molecular formula is C23H21F5O2. The fraction of sp³-hybridized carbons (Fsp3) is 0.391. The molecule has 2 aromatic rings. The molecular weight excluding hydrogens is 403 g/mol. The van der Waals surface area contributed by atoms with E-state index < -0.39 is 28.8 Å². The minimum Gasteiger partial charge on any atom is -0.490 e. The van der Waals surface area contributed by atoms with Gasteiger partial charge in [-0.25, -0.2) is 8.78 Å². The second-order valence-corrected chi connectivity index (χ2v) is 7.79. The van der Waals surface area contributed by atoms with Crippen molar-refractivity contribution in [3.63, 3.8) is 0 Å². The lowest BCUT2D eigenvalue weighted by molar-refractivity contribution is -0.137. The topological polar surface area (TPSA) is 18.5 Å². The highest BCUT2D eigenvalue weighted by Gasteiger charge is 2.53. The molecule has 1 fully saturated rings. The molecule has 1 saturated heterocycles. The molecule has 4 rings (SSSR count). The largest absolute Gasteiger partial charge is 0.490 e. The van der Waals surface area contributed by atoms with Crippen LogP contribution in [0.25, 0.3) is 0 Å². The van der Waals surface area contributed by atoms with Crippen molar-refractivity contribution in [1.82, 2.24) is 0 Å². The smallest absolute Gasteiger partial charge is 0.416 e. The van der Waals surface area contributed by atoms with Gasteiger partial charge in [0.25, 0.3) is 0 Å². The van der Waals surface area contributed by atoms with E-state index in [2.05, 4.69) is 0 Å². The fourth-order valence-electron chi connectivity index (χ4n) is 4.73. The van der Waals surface area contributed by atoms with Gasteiger partial charge >= 0.3 is 6.18 Å². The number of fused-ring (bicyclic) bond motifs is 3. The lowest BCUT2D eigenvalue weighted by Crippen LogP contribution is -2.54. The Kier molecular flexibility index (Phi) is 5.34. The number of hydrogen-bond donors (Lipinski definition) is 0. The number of rotatable bonds is 3. The Morgan fingerprint density at radius 1 is 1.07 bits per heavy atom. The van der Waals surface area contributed by atoms with Crippen molar-refractivity contribution in [2.45, 2.75) is 37.5 Å². The first-order valence-electron chi connectivity index (χ1n) is 9.78. The molecule has 0 N–H and O–H groups in total. The quantitative estimate of drug-likeness (QED) is 0.455. The summed E-state index contributed by atoms with van der Waals surface area (Å²) in [6.07, 6.45) is -0.454. The van der Waals surface area contributed by atoms with Crippen molar-refractivity contribution < 1.29 is 31.4 Å². The standard InChI is InChI=1S/C23H21F5O2/c1-2-3-19-16-13-30-21-18(25)9-8-17(24)20(21)22(16,10-11-29-19)12-14-4-6-15(7-5-14)23(26,27)28/h2-9,16,19H,10-13H2,1H3/b3-2+/t16-,19-,22-/m0/s1. The van der Waals surface area contributed by atoms with Crippen molar-refractivity contribution in [3.05, 3.63) is 76.9 Å². The molecule has 3 atom stereocenters. The van der Waals surface area contributed by atoms with E-state index in [1.807, 2.05) is 19.1 Å². The molecule has 2 heterocycles. The van der Waals surface area contributed by atoms with Crippen molar-refractivity contribution in [2.24, 2.45) is 5.92 Å². The zero-order valence-electron chi connectivity index (χ0n) is 16.3. The van der Waals surface area contributed by atoms with Gasteiger partial charge in [-0.15, -0.1) is 0 Å². The van der Waals surface area contributed by atoms with Gasteiger partial charge in [0, 0.05) is 23.5 Å². The highest BCUT2D eigenvalue weighted by atomic mass is 19.4. The molecule has 2 nitrogen and oxygen atoms in total. The molecule has 0 saturated carbocycles. The van der Waals surface area contributed by atoms with Gasteiger partial charge in [0.1, 0.15) is 5.82 Å². The fourth-order valence-corrected chi connectivity index (χ4v) is 4.73. The summed E-state index contributed by atoms with van der Waals surface area (Å²) in [6.45, 7) is 2.29. The van der Waals surface area contributed by atoms with Crippen LogP contribution in [0, 0.1) is 17.6 Å². The predicted octanol–water partition coefficient (Wildman–Crippen LogP) is 5.84. The van der Waals surface area contributed by atoms with Crippen molar-refractivity contribution >= 4 is 0 Å².